The molecule has 1 aromatic carbocycles. The van der Waals surface area contributed by atoms with Crippen LogP contribution >= 0.6 is 0 Å². The van der Waals surface area contributed by atoms with Crippen molar-refractivity contribution in [2.24, 2.45) is 11.8 Å². The van der Waals surface area contributed by atoms with Gasteiger partial charge in [0.1, 0.15) is 6.04 Å². The average Bonchev–Trinajstić information content (AvgIpc) is 3.07. The summed E-state index contributed by atoms with van der Waals surface area (Å²) in [5, 5.41) is 9.40. The minimum atomic E-state index is -0.258. The van der Waals surface area contributed by atoms with Gasteiger partial charge in [0.15, 0.2) is 0 Å². The van der Waals surface area contributed by atoms with Crippen LogP contribution < -0.4 is 0 Å². The minimum Gasteiger partial charge on any atom is -0.330 e. The molecule has 1 saturated carbocycles. The van der Waals surface area contributed by atoms with Gasteiger partial charge < -0.3 is 9.80 Å². The first kappa shape index (κ1) is 19.6. The Kier molecular flexibility index (Phi) is 4.62. The molecule has 6 heteroatoms. The summed E-state index contributed by atoms with van der Waals surface area (Å²) in [5.41, 5.74) is 2.39. The maximum absolute atomic E-state index is 13.2. The molecule has 30 heavy (non-hydrogen) atoms. The van der Waals surface area contributed by atoms with E-state index in [4.69, 9.17) is 0 Å². The number of amides is 2. The Morgan fingerprint density at radius 3 is 2.60 bits per heavy atom. The molecule has 3 saturated heterocycles. The zero-order valence-corrected chi connectivity index (χ0v) is 18.0. The van der Waals surface area contributed by atoms with E-state index in [-0.39, 0.29) is 47.9 Å². The van der Waals surface area contributed by atoms with Crippen molar-refractivity contribution < 1.29 is 9.59 Å². The van der Waals surface area contributed by atoms with Gasteiger partial charge in [0.25, 0.3) is 0 Å². The van der Waals surface area contributed by atoms with Crippen molar-refractivity contribution in [3.05, 3.63) is 35.4 Å². The maximum atomic E-state index is 13.2. The predicted molar refractivity (Wildman–Crippen MR) is 112 cm³/mol. The number of aryl methyl sites for hydroxylation is 1. The Labute approximate surface area is 178 Å². The van der Waals surface area contributed by atoms with Crippen molar-refractivity contribution in [1.29, 1.82) is 5.26 Å². The smallest absolute Gasteiger partial charge is 0.240 e. The van der Waals surface area contributed by atoms with Crippen molar-refractivity contribution in [2.45, 2.75) is 70.2 Å². The van der Waals surface area contributed by atoms with E-state index in [0.717, 1.165) is 25.8 Å². The van der Waals surface area contributed by atoms with Crippen LogP contribution in [-0.4, -0.2) is 63.8 Å². The number of fused-ring (bicyclic) bond motifs is 3. The molecule has 0 radical (unpaired) electrons. The van der Waals surface area contributed by atoms with Crippen LogP contribution in [-0.2, 0) is 9.59 Å². The molecule has 2 bridgehead atoms. The second-order valence-electron chi connectivity index (χ2n) is 9.78. The Bertz CT molecular complexity index is 907. The Morgan fingerprint density at radius 2 is 1.93 bits per heavy atom. The molecule has 1 aromatic rings. The summed E-state index contributed by atoms with van der Waals surface area (Å²) in [7, 11) is 0. The van der Waals surface area contributed by atoms with Gasteiger partial charge in [-0.25, -0.2) is 0 Å². The van der Waals surface area contributed by atoms with Crippen molar-refractivity contribution in [2.75, 3.05) is 13.1 Å². The lowest BCUT2D eigenvalue weighted by atomic mass is 10.0. The predicted octanol–water partition coefficient (Wildman–Crippen LogP) is 2.49. The molecular formula is C24H30N4O2. The molecule has 0 spiro atoms. The van der Waals surface area contributed by atoms with E-state index in [2.05, 4.69) is 54.0 Å². The third kappa shape index (κ3) is 3.02. The normalized spacial score (nSPS) is 34.1. The van der Waals surface area contributed by atoms with Crippen LogP contribution in [0.15, 0.2) is 24.3 Å². The highest BCUT2D eigenvalue weighted by Crippen LogP contribution is 2.48. The number of likely N-dealkylation sites (tertiary alicyclic amines) is 3. The van der Waals surface area contributed by atoms with Gasteiger partial charge in [-0.1, -0.05) is 36.8 Å². The summed E-state index contributed by atoms with van der Waals surface area (Å²) in [4.78, 5) is 32.3. The van der Waals surface area contributed by atoms with Gasteiger partial charge in [-0.2, -0.15) is 5.26 Å². The number of carbonyl (C=O) groups excluding carboxylic acids is 2. The lowest BCUT2D eigenvalue weighted by molar-refractivity contribution is -0.142. The Hall–Kier alpha value is -2.39. The van der Waals surface area contributed by atoms with E-state index in [1.807, 2.05) is 11.8 Å². The van der Waals surface area contributed by atoms with E-state index in [0.29, 0.717) is 12.5 Å². The molecule has 6 nitrogen and oxygen atoms in total. The molecule has 1 aliphatic carbocycles. The highest BCUT2D eigenvalue weighted by atomic mass is 16.2. The summed E-state index contributed by atoms with van der Waals surface area (Å²) < 4.78 is 0. The number of benzene rings is 1. The van der Waals surface area contributed by atoms with E-state index in [1.165, 1.54) is 11.1 Å². The molecule has 1 unspecified atom stereocenters. The fourth-order valence-electron chi connectivity index (χ4n) is 5.98. The van der Waals surface area contributed by atoms with Crippen LogP contribution in [0.25, 0.3) is 0 Å². The topological polar surface area (TPSA) is 67.7 Å². The lowest BCUT2D eigenvalue weighted by Gasteiger charge is -2.38. The van der Waals surface area contributed by atoms with Crippen molar-refractivity contribution >= 4 is 11.8 Å². The highest BCUT2D eigenvalue weighted by molar-refractivity contribution is 5.86. The Morgan fingerprint density at radius 1 is 1.20 bits per heavy atom. The summed E-state index contributed by atoms with van der Waals surface area (Å²) in [6.45, 7) is 7.57. The number of piperidine rings is 1. The molecule has 3 heterocycles. The van der Waals surface area contributed by atoms with E-state index in [9.17, 15) is 14.9 Å². The Balaban J connectivity index is 1.23. The van der Waals surface area contributed by atoms with Gasteiger partial charge in [-0.15, -0.1) is 0 Å². The largest absolute Gasteiger partial charge is 0.330 e. The lowest BCUT2D eigenvalue weighted by Crippen LogP contribution is -2.53. The van der Waals surface area contributed by atoms with Crippen LogP contribution in [0.3, 0.4) is 0 Å². The molecule has 2 amide bonds. The summed E-state index contributed by atoms with van der Waals surface area (Å²) in [6.07, 6.45) is 2.74. The standard InChI is InChI=1S/C24H30N4O2/c1-14-4-6-17(7-5-14)16(3)27-20-10-22(24(27)30)26(13-20)12-15(2)23(29)28-19(11-25)8-18-9-21(18)28/h4-7,15-16,18-22H,8-10,12-13H2,1-3H3/t15-,16+,18+,19-,20+,21?,22+/m0/s1. The number of hydrogen-bond acceptors (Lipinski definition) is 4. The second-order valence-corrected chi connectivity index (χ2v) is 9.78. The number of carbonyl (C=O) groups is 2. The number of rotatable bonds is 5. The summed E-state index contributed by atoms with van der Waals surface area (Å²) in [5.74, 6) is 0.631. The molecule has 158 valence electrons. The molecular weight excluding hydrogens is 376 g/mol. The van der Waals surface area contributed by atoms with Gasteiger partial charge in [0, 0.05) is 31.1 Å². The monoisotopic (exact) mass is 406 g/mol. The second kappa shape index (κ2) is 7.09. The zero-order valence-electron chi connectivity index (χ0n) is 18.0. The van der Waals surface area contributed by atoms with Crippen LogP contribution in [0.5, 0.6) is 0 Å². The van der Waals surface area contributed by atoms with Gasteiger partial charge >= 0.3 is 0 Å². The zero-order chi connectivity index (χ0) is 21.2. The quantitative estimate of drug-likeness (QED) is 0.754. The molecule has 7 atom stereocenters. The fourth-order valence-corrected chi connectivity index (χ4v) is 5.98. The third-order valence-electron chi connectivity index (χ3n) is 7.73. The SMILES string of the molecule is Cc1ccc([C@@H](C)N2C(=O)[C@H]3C[C@@H]2CN3C[C@H](C)C(=O)N2C3C[C@H]3C[C@H]2C#N)cc1. The molecule has 0 aromatic heterocycles. The van der Waals surface area contributed by atoms with Crippen molar-refractivity contribution in [3.63, 3.8) is 0 Å². The van der Waals surface area contributed by atoms with E-state index in [1.54, 1.807) is 0 Å². The number of nitrogens with zero attached hydrogens (tertiary/aromatic N) is 4. The first-order valence-corrected chi connectivity index (χ1v) is 11.2. The number of hydrogen-bond donors (Lipinski definition) is 0. The molecule has 5 rings (SSSR count). The van der Waals surface area contributed by atoms with Crippen LogP contribution in [0.2, 0.25) is 0 Å². The molecule has 3 aliphatic heterocycles. The van der Waals surface area contributed by atoms with Crippen LogP contribution in [0, 0.1) is 30.1 Å². The van der Waals surface area contributed by atoms with Gasteiger partial charge in [0.2, 0.25) is 11.8 Å². The highest BCUT2D eigenvalue weighted by Gasteiger charge is 2.55. The summed E-state index contributed by atoms with van der Waals surface area (Å²) >= 11 is 0. The van der Waals surface area contributed by atoms with Crippen LogP contribution in [0.4, 0.5) is 0 Å². The van der Waals surface area contributed by atoms with Gasteiger partial charge in [0.05, 0.1) is 18.2 Å². The van der Waals surface area contributed by atoms with E-state index < -0.39 is 0 Å². The average molecular weight is 407 g/mol. The third-order valence-corrected chi connectivity index (χ3v) is 7.73. The number of nitriles is 1. The van der Waals surface area contributed by atoms with Crippen molar-refractivity contribution in [1.82, 2.24) is 14.7 Å². The first-order chi connectivity index (χ1) is 14.4. The van der Waals surface area contributed by atoms with E-state index >= 15 is 0 Å². The molecule has 0 N–H and O–H groups in total. The van der Waals surface area contributed by atoms with Gasteiger partial charge in [-0.05, 0) is 44.6 Å². The fraction of sp³-hybridized carbons (Fsp3) is 0.625. The molecule has 4 fully saturated rings. The van der Waals surface area contributed by atoms with Crippen molar-refractivity contribution in [3.8, 4) is 6.07 Å². The summed E-state index contributed by atoms with van der Waals surface area (Å²) in [6, 6.07) is 10.9. The number of piperazine rings is 1. The first-order valence-electron chi connectivity index (χ1n) is 11.2. The van der Waals surface area contributed by atoms with Crippen LogP contribution in [0.1, 0.15) is 50.3 Å². The molecule has 4 aliphatic rings. The maximum Gasteiger partial charge on any atom is 0.240 e. The minimum absolute atomic E-state index is 0.0714. The van der Waals surface area contributed by atoms with Gasteiger partial charge in [-0.3, -0.25) is 14.5 Å².